The summed E-state index contributed by atoms with van der Waals surface area (Å²) in [4.78, 5) is 17.1. The molecule has 1 unspecified atom stereocenters. The molecule has 0 aromatic heterocycles. The van der Waals surface area contributed by atoms with Gasteiger partial charge in [-0.25, -0.2) is 4.57 Å². The van der Waals surface area contributed by atoms with E-state index in [0.717, 1.165) is 32.1 Å². The van der Waals surface area contributed by atoms with Crippen molar-refractivity contribution in [2.24, 2.45) is 5.92 Å². The van der Waals surface area contributed by atoms with E-state index in [1.54, 1.807) is 0 Å². The van der Waals surface area contributed by atoms with Gasteiger partial charge in [0.25, 0.3) is 0 Å². The lowest BCUT2D eigenvalue weighted by Gasteiger charge is -2.15. The molecule has 14 heavy (non-hydrogen) atoms. The third kappa shape index (κ3) is 8.70. The van der Waals surface area contributed by atoms with Crippen LogP contribution in [-0.4, -0.2) is 16.4 Å². The van der Waals surface area contributed by atoms with Crippen molar-refractivity contribution in [2.45, 2.75) is 46.0 Å². The molecular weight excluding hydrogens is 203 g/mol. The first-order valence-electron chi connectivity index (χ1n) is 5.19. The first-order chi connectivity index (χ1) is 6.49. The topological polar surface area (TPSA) is 66.8 Å². The minimum Gasteiger partial charge on any atom is -0.303 e. The lowest BCUT2D eigenvalue weighted by Crippen LogP contribution is -2.08. The van der Waals surface area contributed by atoms with E-state index in [9.17, 15) is 4.57 Å². The van der Waals surface area contributed by atoms with Crippen molar-refractivity contribution >= 4 is 7.82 Å². The number of phosphoric acid groups is 1. The molecule has 0 aliphatic rings. The Morgan fingerprint density at radius 3 is 2.29 bits per heavy atom. The van der Waals surface area contributed by atoms with Crippen molar-refractivity contribution in [2.75, 3.05) is 6.61 Å². The standard InChI is InChI=1S/C9H21O4P/c1-3-5-7-9(6-4-2)8-13-14(10,11)12/h9H,3-8H2,1-2H3,(H2,10,11,12). The molecular formula is C9H21O4P. The summed E-state index contributed by atoms with van der Waals surface area (Å²) >= 11 is 0. The van der Waals surface area contributed by atoms with Gasteiger partial charge in [0.2, 0.25) is 0 Å². The SMILES string of the molecule is CCCCC(CCC)COP(=O)(O)O. The lowest BCUT2D eigenvalue weighted by molar-refractivity contribution is 0.159. The van der Waals surface area contributed by atoms with Gasteiger partial charge < -0.3 is 9.79 Å². The van der Waals surface area contributed by atoms with E-state index in [-0.39, 0.29) is 12.5 Å². The van der Waals surface area contributed by atoms with Crippen molar-refractivity contribution in [3.63, 3.8) is 0 Å². The summed E-state index contributed by atoms with van der Waals surface area (Å²) in [6, 6.07) is 0. The van der Waals surface area contributed by atoms with Crippen LogP contribution >= 0.6 is 7.82 Å². The quantitative estimate of drug-likeness (QED) is 0.622. The average Bonchev–Trinajstić information content (AvgIpc) is 2.08. The summed E-state index contributed by atoms with van der Waals surface area (Å²) in [5.41, 5.74) is 0. The zero-order chi connectivity index (χ0) is 11.0. The van der Waals surface area contributed by atoms with E-state index in [0.29, 0.717) is 0 Å². The molecule has 5 heteroatoms. The van der Waals surface area contributed by atoms with Crippen LogP contribution in [0.15, 0.2) is 0 Å². The maximum Gasteiger partial charge on any atom is 0.469 e. The Hall–Kier alpha value is 0.110. The number of hydrogen-bond acceptors (Lipinski definition) is 2. The molecule has 0 bridgehead atoms. The first-order valence-corrected chi connectivity index (χ1v) is 6.72. The molecule has 0 saturated heterocycles. The van der Waals surface area contributed by atoms with Crippen LogP contribution < -0.4 is 0 Å². The maximum absolute atomic E-state index is 10.5. The molecule has 0 saturated carbocycles. The minimum atomic E-state index is -4.28. The van der Waals surface area contributed by atoms with Gasteiger partial charge >= 0.3 is 7.82 Å². The third-order valence-electron chi connectivity index (χ3n) is 2.14. The summed E-state index contributed by atoms with van der Waals surface area (Å²) in [5, 5.41) is 0. The highest BCUT2D eigenvalue weighted by molar-refractivity contribution is 7.46. The Morgan fingerprint density at radius 2 is 1.86 bits per heavy atom. The highest BCUT2D eigenvalue weighted by atomic mass is 31.2. The second kappa shape index (κ2) is 7.41. The van der Waals surface area contributed by atoms with Crippen LogP contribution in [0.4, 0.5) is 0 Å². The van der Waals surface area contributed by atoms with Crippen LogP contribution in [0.25, 0.3) is 0 Å². The van der Waals surface area contributed by atoms with Gasteiger partial charge in [-0.2, -0.15) is 0 Å². The van der Waals surface area contributed by atoms with Gasteiger partial charge in [-0.05, 0) is 18.8 Å². The molecule has 0 radical (unpaired) electrons. The molecule has 0 aliphatic heterocycles. The normalized spacial score (nSPS) is 14.3. The third-order valence-corrected chi connectivity index (χ3v) is 2.63. The molecule has 0 rings (SSSR count). The van der Waals surface area contributed by atoms with Crippen molar-refractivity contribution in [1.82, 2.24) is 0 Å². The maximum atomic E-state index is 10.5. The summed E-state index contributed by atoms with van der Waals surface area (Å²) in [6.07, 6.45) is 5.19. The predicted octanol–water partition coefficient (Wildman–Crippen LogP) is 2.70. The molecule has 0 amide bonds. The summed E-state index contributed by atoms with van der Waals surface area (Å²) in [6.45, 7) is 4.35. The van der Waals surface area contributed by atoms with Crippen LogP contribution in [0.1, 0.15) is 46.0 Å². The Morgan fingerprint density at radius 1 is 1.21 bits per heavy atom. The molecule has 86 valence electrons. The molecule has 0 aliphatic carbocycles. The highest BCUT2D eigenvalue weighted by Crippen LogP contribution is 2.37. The van der Waals surface area contributed by atoms with Gasteiger partial charge in [0, 0.05) is 0 Å². The van der Waals surface area contributed by atoms with E-state index < -0.39 is 7.82 Å². The van der Waals surface area contributed by atoms with Crippen LogP contribution in [0.2, 0.25) is 0 Å². The van der Waals surface area contributed by atoms with Crippen molar-refractivity contribution < 1.29 is 18.9 Å². The van der Waals surface area contributed by atoms with Crippen LogP contribution in [0, 0.1) is 5.92 Å². The Labute approximate surface area is 85.9 Å². The van der Waals surface area contributed by atoms with E-state index >= 15 is 0 Å². The average molecular weight is 224 g/mol. The van der Waals surface area contributed by atoms with Gasteiger partial charge in [-0.3, -0.25) is 4.52 Å². The molecule has 2 N–H and O–H groups in total. The van der Waals surface area contributed by atoms with E-state index in [1.165, 1.54) is 0 Å². The second-order valence-corrected chi connectivity index (χ2v) is 4.82. The molecule has 0 fully saturated rings. The van der Waals surface area contributed by atoms with Gasteiger partial charge in [0.05, 0.1) is 6.61 Å². The molecule has 1 atom stereocenters. The summed E-state index contributed by atoms with van der Waals surface area (Å²) < 4.78 is 15.0. The fraction of sp³-hybridized carbons (Fsp3) is 1.00. The fourth-order valence-corrected chi connectivity index (χ4v) is 1.82. The van der Waals surface area contributed by atoms with Crippen molar-refractivity contribution in [3.05, 3.63) is 0 Å². The Balaban J connectivity index is 3.78. The minimum absolute atomic E-state index is 0.179. The Bertz CT molecular complexity index is 178. The smallest absolute Gasteiger partial charge is 0.303 e. The molecule has 4 nitrogen and oxygen atoms in total. The van der Waals surface area contributed by atoms with E-state index in [2.05, 4.69) is 18.4 Å². The van der Waals surface area contributed by atoms with E-state index in [4.69, 9.17) is 9.79 Å². The summed E-state index contributed by atoms with van der Waals surface area (Å²) in [5.74, 6) is 0.285. The number of hydrogen-bond donors (Lipinski definition) is 2. The molecule has 0 aromatic rings. The van der Waals surface area contributed by atoms with Crippen LogP contribution in [0.3, 0.4) is 0 Å². The number of unbranched alkanes of at least 4 members (excludes halogenated alkanes) is 1. The molecule has 0 spiro atoms. The lowest BCUT2D eigenvalue weighted by atomic mass is 9.98. The molecule has 0 heterocycles. The highest BCUT2D eigenvalue weighted by Gasteiger charge is 2.17. The zero-order valence-corrected chi connectivity index (χ0v) is 9.87. The van der Waals surface area contributed by atoms with Gasteiger partial charge in [0.1, 0.15) is 0 Å². The van der Waals surface area contributed by atoms with Crippen molar-refractivity contribution in [1.29, 1.82) is 0 Å². The first kappa shape index (κ1) is 14.1. The zero-order valence-electron chi connectivity index (χ0n) is 8.98. The summed E-state index contributed by atoms with van der Waals surface area (Å²) in [7, 11) is -4.28. The van der Waals surface area contributed by atoms with Gasteiger partial charge in [0.15, 0.2) is 0 Å². The molecule has 0 aromatic carbocycles. The largest absolute Gasteiger partial charge is 0.469 e. The monoisotopic (exact) mass is 224 g/mol. The second-order valence-electron chi connectivity index (χ2n) is 3.58. The number of rotatable bonds is 8. The van der Waals surface area contributed by atoms with Gasteiger partial charge in [-0.15, -0.1) is 0 Å². The van der Waals surface area contributed by atoms with Crippen molar-refractivity contribution in [3.8, 4) is 0 Å². The van der Waals surface area contributed by atoms with E-state index in [1.807, 2.05) is 0 Å². The van der Waals surface area contributed by atoms with Crippen LogP contribution in [0.5, 0.6) is 0 Å². The fourth-order valence-electron chi connectivity index (χ4n) is 1.41. The Kier molecular flexibility index (Phi) is 7.47. The predicted molar refractivity (Wildman–Crippen MR) is 55.9 cm³/mol. The number of phosphoric ester groups is 1. The van der Waals surface area contributed by atoms with Gasteiger partial charge in [-0.1, -0.05) is 33.1 Å². The van der Waals surface area contributed by atoms with Crippen LogP contribution in [-0.2, 0) is 9.09 Å².